The van der Waals surface area contributed by atoms with Crippen molar-refractivity contribution in [2.75, 3.05) is 19.7 Å². The van der Waals surface area contributed by atoms with Crippen molar-refractivity contribution in [2.24, 2.45) is 5.92 Å². The zero-order valence-electron chi connectivity index (χ0n) is 14.7. The Labute approximate surface area is 147 Å². The average Bonchev–Trinajstić information content (AvgIpc) is 3.09. The number of likely N-dealkylation sites (tertiary alicyclic amines) is 1. The first kappa shape index (κ1) is 17.4. The topological polar surface area (TPSA) is 88.1 Å². The molecular weight excluding hydrogens is 318 g/mol. The first-order chi connectivity index (χ1) is 12.1. The van der Waals surface area contributed by atoms with E-state index >= 15 is 0 Å². The van der Waals surface area contributed by atoms with Crippen LogP contribution in [-0.4, -0.2) is 39.7 Å². The molecule has 1 aliphatic rings. The molecular formula is C18H23N5O2. The molecule has 0 N–H and O–H groups in total. The van der Waals surface area contributed by atoms with E-state index in [4.69, 9.17) is 14.5 Å². The fraction of sp³-hybridized carbons (Fsp3) is 0.556. The van der Waals surface area contributed by atoms with Crippen LogP contribution in [0.1, 0.15) is 49.9 Å². The minimum absolute atomic E-state index is 0.275. The van der Waals surface area contributed by atoms with Crippen molar-refractivity contribution in [3.63, 3.8) is 0 Å². The van der Waals surface area contributed by atoms with Crippen LogP contribution in [0, 0.1) is 17.2 Å². The molecule has 132 valence electrons. The SMILES string of the molecule is CC(C)c1noc(CN2CCCC(COc3cc(C#N)ccn3)C2)n1. The van der Waals surface area contributed by atoms with Crippen molar-refractivity contribution in [3.8, 4) is 11.9 Å². The maximum Gasteiger partial charge on any atom is 0.240 e. The molecule has 1 unspecified atom stereocenters. The van der Waals surface area contributed by atoms with Crippen molar-refractivity contribution in [2.45, 2.75) is 39.2 Å². The van der Waals surface area contributed by atoms with E-state index in [2.05, 4.69) is 39.9 Å². The van der Waals surface area contributed by atoms with Gasteiger partial charge in [0.15, 0.2) is 5.82 Å². The Balaban J connectivity index is 1.51. The Kier molecular flexibility index (Phi) is 5.61. The largest absolute Gasteiger partial charge is 0.477 e. The van der Waals surface area contributed by atoms with Crippen molar-refractivity contribution >= 4 is 0 Å². The highest BCUT2D eigenvalue weighted by Crippen LogP contribution is 2.20. The van der Waals surface area contributed by atoms with Gasteiger partial charge in [0.25, 0.3) is 0 Å². The maximum absolute atomic E-state index is 8.93. The van der Waals surface area contributed by atoms with Gasteiger partial charge in [-0.1, -0.05) is 19.0 Å². The third kappa shape index (κ3) is 4.77. The summed E-state index contributed by atoms with van der Waals surface area (Å²) in [6, 6.07) is 5.44. The van der Waals surface area contributed by atoms with Crippen LogP contribution >= 0.6 is 0 Å². The highest BCUT2D eigenvalue weighted by molar-refractivity contribution is 5.31. The third-order valence-corrected chi connectivity index (χ3v) is 4.29. The molecule has 1 aliphatic heterocycles. The van der Waals surface area contributed by atoms with Gasteiger partial charge in [-0.05, 0) is 25.5 Å². The fourth-order valence-electron chi connectivity index (χ4n) is 2.95. The zero-order valence-corrected chi connectivity index (χ0v) is 14.7. The molecule has 0 aromatic carbocycles. The van der Waals surface area contributed by atoms with Crippen LogP contribution in [0.2, 0.25) is 0 Å². The molecule has 0 amide bonds. The molecule has 2 aromatic heterocycles. The van der Waals surface area contributed by atoms with E-state index in [0.717, 1.165) is 31.8 Å². The molecule has 0 aliphatic carbocycles. The lowest BCUT2D eigenvalue weighted by molar-refractivity contribution is 0.113. The maximum atomic E-state index is 8.93. The molecule has 7 heteroatoms. The Morgan fingerprint density at radius 2 is 2.36 bits per heavy atom. The number of hydrogen-bond donors (Lipinski definition) is 0. The van der Waals surface area contributed by atoms with Gasteiger partial charge in [-0.15, -0.1) is 0 Å². The summed E-state index contributed by atoms with van der Waals surface area (Å²) < 4.78 is 11.1. The van der Waals surface area contributed by atoms with Gasteiger partial charge in [0, 0.05) is 30.6 Å². The molecule has 3 heterocycles. The van der Waals surface area contributed by atoms with Crippen LogP contribution in [0.5, 0.6) is 5.88 Å². The lowest BCUT2D eigenvalue weighted by Crippen LogP contribution is -2.37. The molecule has 7 nitrogen and oxygen atoms in total. The molecule has 25 heavy (non-hydrogen) atoms. The van der Waals surface area contributed by atoms with Crippen molar-refractivity contribution < 1.29 is 9.26 Å². The number of ether oxygens (including phenoxy) is 1. The van der Waals surface area contributed by atoms with Gasteiger partial charge < -0.3 is 9.26 Å². The average molecular weight is 341 g/mol. The summed E-state index contributed by atoms with van der Waals surface area (Å²) in [6.07, 6.45) is 3.84. The molecule has 0 saturated carbocycles. The third-order valence-electron chi connectivity index (χ3n) is 4.29. The summed E-state index contributed by atoms with van der Waals surface area (Å²) in [5, 5.41) is 13.0. The van der Waals surface area contributed by atoms with E-state index in [1.54, 1.807) is 18.3 Å². The Hall–Kier alpha value is -2.46. The van der Waals surface area contributed by atoms with Gasteiger partial charge in [0.2, 0.25) is 11.8 Å². The van der Waals surface area contributed by atoms with Crippen molar-refractivity contribution in [3.05, 3.63) is 35.6 Å². The van der Waals surface area contributed by atoms with Gasteiger partial charge in [0.05, 0.1) is 24.8 Å². The van der Waals surface area contributed by atoms with E-state index in [0.29, 0.717) is 36.4 Å². The van der Waals surface area contributed by atoms with E-state index < -0.39 is 0 Å². The van der Waals surface area contributed by atoms with Gasteiger partial charge in [0.1, 0.15) is 0 Å². The van der Waals surface area contributed by atoms with Crippen LogP contribution in [0.3, 0.4) is 0 Å². The molecule has 1 atom stereocenters. The summed E-state index contributed by atoms with van der Waals surface area (Å²) in [6.45, 7) is 7.34. The molecule has 3 rings (SSSR count). The predicted octanol–water partition coefficient (Wildman–Crippen LogP) is 2.75. The molecule has 0 bridgehead atoms. The second-order valence-corrected chi connectivity index (χ2v) is 6.75. The van der Waals surface area contributed by atoms with Gasteiger partial charge in [-0.2, -0.15) is 10.2 Å². The zero-order chi connectivity index (χ0) is 17.6. The molecule has 0 spiro atoms. The summed E-state index contributed by atoms with van der Waals surface area (Å²) in [4.78, 5) is 10.9. The summed E-state index contributed by atoms with van der Waals surface area (Å²) in [5.41, 5.74) is 0.563. The highest BCUT2D eigenvalue weighted by atomic mass is 16.5. The van der Waals surface area contributed by atoms with Gasteiger partial charge >= 0.3 is 0 Å². The number of rotatable bonds is 6. The first-order valence-electron chi connectivity index (χ1n) is 8.68. The lowest BCUT2D eigenvalue weighted by Gasteiger charge is -2.31. The van der Waals surface area contributed by atoms with Crippen LogP contribution in [0.25, 0.3) is 0 Å². The van der Waals surface area contributed by atoms with Crippen LogP contribution < -0.4 is 4.74 Å². The quantitative estimate of drug-likeness (QED) is 0.798. The van der Waals surface area contributed by atoms with E-state index in [-0.39, 0.29) is 5.92 Å². The number of nitrogens with zero attached hydrogens (tertiary/aromatic N) is 5. The smallest absolute Gasteiger partial charge is 0.240 e. The number of nitriles is 1. The Morgan fingerprint density at radius 3 is 3.12 bits per heavy atom. The van der Waals surface area contributed by atoms with E-state index in [9.17, 15) is 0 Å². The fourth-order valence-corrected chi connectivity index (χ4v) is 2.95. The van der Waals surface area contributed by atoms with Crippen LogP contribution in [0.4, 0.5) is 0 Å². The lowest BCUT2D eigenvalue weighted by atomic mass is 9.99. The van der Waals surface area contributed by atoms with Crippen molar-refractivity contribution in [1.29, 1.82) is 5.26 Å². The van der Waals surface area contributed by atoms with E-state index in [1.165, 1.54) is 0 Å². The normalized spacial score (nSPS) is 18.2. The first-order valence-corrected chi connectivity index (χ1v) is 8.68. The summed E-state index contributed by atoms with van der Waals surface area (Å²) >= 11 is 0. The van der Waals surface area contributed by atoms with Crippen LogP contribution in [-0.2, 0) is 6.54 Å². The van der Waals surface area contributed by atoms with Crippen molar-refractivity contribution in [1.82, 2.24) is 20.0 Å². The number of aromatic nitrogens is 3. The molecule has 0 radical (unpaired) electrons. The summed E-state index contributed by atoms with van der Waals surface area (Å²) in [7, 11) is 0. The van der Waals surface area contributed by atoms with Crippen LogP contribution in [0.15, 0.2) is 22.9 Å². The number of piperidine rings is 1. The Bertz CT molecular complexity index is 737. The minimum Gasteiger partial charge on any atom is -0.477 e. The van der Waals surface area contributed by atoms with E-state index in [1.807, 2.05) is 0 Å². The molecule has 1 fully saturated rings. The van der Waals surface area contributed by atoms with Gasteiger partial charge in [-0.3, -0.25) is 4.90 Å². The molecule has 1 saturated heterocycles. The molecule has 2 aromatic rings. The Morgan fingerprint density at radius 1 is 1.48 bits per heavy atom. The minimum atomic E-state index is 0.275. The summed E-state index contributed by atoms with van der Waals surface area (Å²) in [5.74, 6) is 2.64. The highest BCUT2D eigenvalue weighted by Gasteiger charge is 2.22. The number of hydrogen-bond acceptors (Lipinski definition) is 7. The van der Waals surface area contributed by atoms with Gasteiger partial charge in [-0.25, -0.2) is 4.98 Å². The standard InChI is InChI=1S/C18H23N5O2/c1-13(2)18-21-17(25-22-18)11-23-7-3-4-15(10-23)12-24-16-8-14(9-19)5-6-20-16/h5-6,8,13,15H,3-4,7,10-12H2,1-2H3. The second-order valence-electron chi connectivity index (χ2n) is 6.75. The second kappa shape index (κ2) is 8.08. The number of pyridine rings is 1. The monoisotopic (exact) mass is 341 g/mol. The predicted molar refractivity (Wildman–Crippen MR) is 90.8 cm³/mol.